The summed E-state index contributed by atoms with van der Waals surface area (Å²) in [6.45, 7) is 12.1. The van der Waals surface area contributed by atoms with Gasteiger partial charge in [-0.15, -0.1) is 0 Å². The van der Waals surface area contributed by atoms with Crippen molar-refractivity contribution in [3.05, 3.63) is 0 Å². The highest BCUT2D eigenvalue weighted by Crippen LogP contribution is 2.18. The zero-order valence-electron chi connectivity index (χ0n) is 39.0. The largest absolute Gasteiger partial charge is 0.462 e. The Labute approximate surface area is 355 Å². The third kappa shape index (κ3) is 42.5. The number of carbonyl (C=O) groups is 2. The number of hydrogen-bond donors (Lipinski definition) is 1. The van der Waals surface area contributed by atoms with Gasteiger partial charge in [-0.2, -0.15) is 0 Å². The van der Waals surface area contributed by atoms with Gasteiger partial charge in [-0.3, -0.25) is 4.79 Å². The summed E-state index contributed by atoms with van der Waals surface area (Å²) in [6.07, 6.45) is 40.2. The molecule has 0 aliphatic carbocycles. The Morgan fingerprint density at radius 1 is 0.474 bits per heavy atom. The summed E-state index contributed by atoms with van der Waals surface area (Å²) in [5, 5.41) is 3.17. The molecule has 0 saturated heterocycles. The fraction of sp³-hybridized carbons (Fsp3) is 0.959. The van der Waals surface area contributed by atoms with Crippen LogP contribution in [-0.4, -0.2) is 88.2 Å². The Morgan fingerprint density at radius 2 is 0.877 bits per heavy atom. The van der Waals surface area contributed by atoms with E-state index in [9.17, 15) is 9.59 Å². The number of nitrogens with one attached hydrogen (secondary N) is 1. The normalized spacial score (nSPS) is 11.6. The molecule has 0 rings (SSSR count). The van der Waals surface area contributed by atoms with Gasteiger partial charge in [0.1, 0.15) is 12.9 Å². The van der Waals surface area contributed by atoms with E-state index in [-0.39, 0.29) is 18.1 Å². The lowest BCUT2D eigenvalue weighted by atomic mass is 10.0. The molecule has 0 radical (unpaired) electrons. The Kier molecular flexibility index (Phi) is 44.6. The van der Waals surface area contributed by atoms with Crippen LogP contribution in [0.15, 0.2) is 0 Å². The van der Waals surface area contributed by atoms with Crippen molar-refractivity contribution in [1.82, 2.24) is 15.1 Å². The molecule has 1 N–H and O–H groups in total. The van der Waals surface area contributed by atoms with Gasteiger partial charge in [0.05, 0.1) is 0 Å². The van der Waals surface area contributed by atoms with Crippen molar-refractivity contribution in [3.63, 3.8) is 0 Å². The van der Waals surface area contributed by atoms with Crippen molar-refractivity contribution < 1.29 is 23.8 Å². The van der Waals surface area contributed by atoms with E-state index in [2.05, 4.69) is 45.1 Å². The highest BCUT2D eigenvalue weighted by molar-refractivity contribution is 5.74. The molecule has 0 aromatic heterocycles. The van der Waals surface area contributed by atoms with E-state index in [1.807, 2.05) is 4.90 Å². The molecule has 0 fully saturated rings. The predicted molar refractivity (Wildman–Crippen MR) is 244 cm³/mol. The molecular weight excluding hydrogens is 711 g/mol. The highest BCUT2D eigenvalue weighted by atomic mass is 16.7. The summed E-state index contributed by atoms with van der Waals surface area (Å²) in [7, 11) is 4.14. The molecule has 0 bridgehead atoms. The second kappa shape index (κ2) is 45.7. The standard InChI is InChI=1S/C49H99N3O5/c1-6-9-12-15-19-27-34-44-55-46-56-45-35-28-20-18-25-32-42-52(49(54)50-40-36-41-51(4)5)43-33-26-21-24-31-39-48(53)57-47(37-29-22-16-13-10-7-2)38-30-23-17-14-11-8-3/h47H,6-46H2,1-5H3,(H,50,54). The summed E-state index contributed by atoms with van der Waals surface area (Å²) in [5.41, 5.74) is 0. The molecule has 2 amide bonds. The van der Waals surface area contributed by atoms with Crippen LogP contribution in [0.25, 0.3) is 0 Å². The van der Waals surface area contributed by atoms with Crippen LogP contribution in [0, 0.1) is 0 Å². The number of esters is 1. The van der Waals surface area contributed by atoms with Crippen LogP contribution < -0.4 is 5.32 Å². The van der Waals surface area contributed by atoms with E-state index in [0.29, 0.717) is 19.8 Å². The number of hydrogen-bond acceptors (Lipinski definition) is 6. The van der Waals surface area contributed by atoms with E-state index in [1.165, 1.54) is 135 Å². The van der Waals surface area contributed by atoms with Gasteiger partial charge in [-0.1, -0.05) is 168 Å². The number of urea groups is 1. The van der Waals surface area contributed by atoms with Crippen LogP contribution in [0.3, 0.4) is 0 Å². The zero-order valence-corrected chi connectivity index (χ0v) is 39.0. The first-order valence-electron chi connectivity index (χ1n) is 25.0. The molecule has 0 aromatic carbocycles. The molecule has 0 unspecified atom stereocenters. The lowest BCUT2D eigenvalue weighted by Crippen LogP contribution is -2.41. The van der Waals surface area contributed by atoms with Gasteiger partial charge < -0.3 is 29.3 Å². The third-order valence-electron chi connectivity index (χ3n) is 11.2. The molecule has 340 valence electrons. The van der Waals surface area contributed by atoms with Crippen LogP contribution in [0.1, 0.15) is 239 Å². The van der Waals surface area contributed by atoms with Crippen molar-refractivity contribution >= 4 is 12.0 Å². The van der Waals surface area contributed by atoms with Crippen molar-refractivity contribution in [1.29, 1.82) is 0 Å². The van der Waals surface area contributed by atoms with E-state index in [4.69, 9.17) is 14.2 Å². The maximum Gasteiger partial charge on any atom is 0.317 e. The van der Waals surface area contributed by atoms with Gasteiger partial charge in [0.2, 0.25) is 0 Å². The zero-order chi connectivity index (χ0) is 41.7. The Bertz CT molecular complexity index is 813. The molecule has 57 heavy (non-hydrogen) atoms. The molecule has 0 aliphatic rings. The van der Waals surface area contributed by atoms with Crippen LogP contribution in [0.5, 0.6) is 0 Å². The molecule has 0 atom stereocenters. The van der Waals surface area contributed by atoms with E-state index in [0.717, 1.165) is 110 Å². The van der Waals surface area contributed by atoms with Crippen LogP contribution >= 0.6 is 0 Å². The first kappa shape index (κ1) is 55.6. The minimum Gasteiger partial charge on any atom is -0.462 e. The number of ether oxygens (including phenoxy) is 3. The summed E-state index contributed by atoms with van der Waals surface area (Å²) in [6, 6.07) is 0.0827. The first-order valence-corrected chi connectivity index (χ1v) is 25.0. The van der Waals surface area contributed by atoms with Crippen molar-refractivity contribution in [2.75, 3.05) is 60.3 Å². The minimum atomic E-state index is 0.00126. The lowest BCUT2D eigenvalue weighted by molar-refractivity contribution is -0.150. The molecule has 0 heterocycles. The van der Waals surface area contributed by atoms with Gasteiger partial charge in [-0.25, -0.2) is 4.79 Å². The van der Waals surface area contributed by atoms with Crippen LogP contribution in [-0.2, 0) is 19.0 Å². The van der Waals surface area contributed by atoms with Gasteiger partial charge in [0, 0.05) is 39.3 Å². The van der Waals surface area contributed by atoms with Gasteiger partial charge >= 0.3 is 12.0 Å². The van der Waals surface area contributed by atoms with E-state index >= 15 is 0 Å². The molecule has 8 nitrogen and oxygen atoms in total. The fourth-order valence-electron chi connectivity index (χ4n) is 7.48. The second-order valence-electron chi connectivity index (χ2n) is 17.3. The van der Waals surface area contributed by atoms with E-state index < -0.39 is 0 Å². The average Bonchev–Trinajstić information content (AvgIpc) is 3.20. The van der Waals surface area contributed by atoms with Gasteiger partial charge in [0.15, 0.2) is 0 Å². The molecule has 8 heteroatoms. The number of rotatable bonds is 46. The quantitative estimate of drug-likeness (QED) is 0.0375. The summed E-state index contributed by atoms with van der Waals surface area (Å²) in [5.74, 6) is 0.00126. The SMILES string of the molecule is CCCCCCCCCOCOCCCCCCCCN(CCCCCCCC(=O)OC(CCCCCCCC)CCCCCCCC)C(=O)NCCCN(C)C. The topological polar surface area (TPSA) is 80.3 Å². The van der Waals surface area contributed by atoms with E-state index in [1.54, 1.807) is 0 Å². The van der Waals surface area contributed by atoms with Crippen LogP contribution in [0.2, 0.25) is 0 Å². The predicted octanol–water partition coefficient (Wildman–Crippen LogP) is 13.8. The number of unbranched alkanes of at least 4 members (excludes halogenated alkanes) is 25. The third-order valence-corrected chi connectivity index (χ3v) is 11.2. The number of nitrogens with zero attached hydrogens (tertiary/aromatic N) is 2. The summed E-state index contributed by atoms with van der Waals surface area (Å²) in [4.78, 5) is 30.1. The van der Waals surface area contributed by atoms with Gasteiger partial charge in [0.25, 0.3) is 0 Å². The monoisotopic (exact) mass is 810 g/mol. The minimum absolute atomic E-state index is 0.00126. The first-order chi connectivity index (χ1) is 27.9. The van der Waals surface area contributed by atoms with Crippen molar-refractivity contribution in [2.24, 2.45) is 0 Å². The van der Waals surface area contributed by atoms with Crippen molar-refractivity contribution in [2.45, 2.75) is 245 Å². The van der Waals surface area contributed by atoms with Crippen LogP contribution in [0.4, 0.5) is 4.79 Å². The maximum absolute atomic E-state index is 13.1. The molecule has 0 aliphatic heterocycles. The van der Waals surface area contributed by atoms with Gasteiger partial charge in [-0.05, 0) is 84.8 Å². The Morgan fingerprint density at radius 3 is 1.33 bits per heavy atom. The maximum atomic E-state index is 13.1. The second-order valence-corrected chi connectivity index (χ2v) is 17.3. The average molecular weight is 810 g/mol. The fourth-order valence-corrected chi connectivity index (χ4v) is 7.48. The number of carbonyl (C=O) groups excluding carboxylic acids is 2. The van der Waals surface area contributed by atoms with Crippen molar-refractivity contribution in [3.8, 4) is 0 Å². The highest BCUT2D eigenvalue weighted by Gasteiger charge is 2.15. The smallest absolute Gasteiger partial charge is 0.317 e. The molecular formula is C49H99N3O5. The molecule has 0 aromatic rings. The summed E-state index contributed by atoms with van der Waals surface area (Å²) >= 11 is 0. The Hall–Kier alpha value is -1.38. The summed E-state index contributed by atoms with van der Waals surface area (Å²) < 4.78 is 17.4. The molecule has 0 saturated carbocycles. The molecule has 0 spiro atoms. The lowest BCUT2D eigenvalue weighted by Gasteiger charge is -2.23. The number of amides is 2. The Balaban J connectivity index is 4.28.